The molecule has 14 N–H and O–H groups in total. The van der Waals surface area contributed by atoms with Crippen molar-refractivity contribution in [3.05, 3.63) is 11.6 Å². The molecule has 9 rings (SSSR count). The molecule has 0 aromatic heterocycles. The highest BCUT2D eigenvalue weighted by molar-refractivity contribution is 5.80. The van der Waals surface area contributed by atoms with Crippen molar-refractivity contribution in [1.29, 1.82) is 0 Å². The van der Waals surface area contributed by atoms with Crippen LogP contribution in [0.2, 0.25) is 0 Å². The van der Waals surface area contributed by atoms with E-state index in [2.05, 4.69) is 54.5 Å². The highest BCUT2D eigenvalue weighted by Crippen LogP contribution is 2.76. The second-order valence-corrected chi connectivity index (χ2v) is 25.9. The first-order valence-corrected chi connectivity index (χ1v) is 27.3. The van der Waals surface area contributed by atoms with Crippen LogP contribution in [0.25, 0.3) is 0 Å². The van der Waals surface area contributed by atoms with Crippen molar-refractivity contribution in [1.82, 2.24) is 0 Å². The molecule has 4 saturated heterocycles. The van der Waals surface area contributed by atoms with Gasteiger partial charge < -0.3 is 109 Å². The van der Waals surface area contributed by atoms with Gasteiger partial charge in [-0.15, -0.1) is 0 Å². The van der Waals surface area contributed by atoms with Gasteiger partial charge in [0, 0.05) is 0 Å². The topological polar surface area (TPSA) is 374 Å². The van der Waals surface area contributed by atoms with Crippen LogP contribution in [0, 0.1) is 50.2 Å². The molecule has 5 aliphatic carbocycles. The van der Waals surface area contributed by atoms with E-state index in [1.807, 2.05) is 0 Å². The number of hydrogen-bond donors (Lipinski definition) is 14. The van der Waals surface area contributed by atoms with Crippen LogP contribution >= 0.6 is 0 Å². The summed E-state index contributed by atoms with van der Waals surface area (Å²) in [7, 11) is 0. The van der Waals surface area contributed by atoms with Crippen LogP contribution in [0.3, 0.4) is 0 Å². The van der Waals surface area contributed by atoms with E-state index in [1.54, 1.807) is 0 Å². The first-order chi connectivity index (χ1) is 35.6. The number of ether oxygens (including phenoxy) is 8. The Balaban J connectivity index is 0.987. The first-order valence-electron chi connectivity index (χ1n) is 27.3. The van der Waals surface area contributed by atoms with Crippen molar-refractivity contribution < 1.29 is 114 Å². The third-order valence-electron chi connectivity index (χ3n) is 21.1. The Labute approximate surface area is 442 Å². The van der Waals surface area contributed by atoms with Crippen molar-refractivity contribution in [2.75, 3.05) is 26.4 Å². The van der Waals surface area contributed by atoms with Crippen LogP contribution in [0.4, 0.5) is 0 Å². The third-order valence-corrected chi connectivity index (χ3v) is 21.1. The van der Waals surface area contributed by atoms with Gasteiger partial charge in [0.1, 0.15) is 97.0 Å². The molecule has 0 spiro atoms. The summed E-state index contributed by atoms with van der Waals surface area (Å²) in [5.41, 5.74) is -2.41. The zero-order valence-electron chi connectivity index (χ0n) is 44.6. The minimum Gasteiger partial charge on any atom is -0.432 e. The molecule has 23 heteroatoms. The molecule has 0 bridgehead atoms. The van der Waals surface area contributed by atoms with Crippen LogP contribution in [-0.2, 0) is 42.7 Å². The Hall–Kier alpha value is -1.63. The van der Waals surface area contributed by atoms with Gasteiger partial charge in [-0.2, -0.15) is 0 Å². The van der Waals surface area contributed by atoms with E-state index >= 15 is 0 Å². The summed E-state index contributed by atoms with van der Waals surface area (Å²) in [6.07, 6.45) is -25.7. The summed E-state index contributed by atoms with van der Waals surface area (Å²) < 4.78 is 48.5. The lowest BCUT2D eigenvalue weighted by Crippen LogP contribution is -2.68. The predicted molar refractivity (Wildman–Crippen MR) is 258 cm³/mol. The van der Waals surface area contributed by atoms with Gasteiger partial charge in [0.2, 0.25) is 6.29 Å². The summed E-state index contributed by atoms with van der Waals surface area (Å²) >= 11 is 0. The fourth-order valence-electron chi connectivity index (χ4n) is 16.3. The van der Waals surface area contributed by atoms with Crippen LogP contribution < -0.4 is 0 Å². The van der Waals surface area contributed by atoms with Crippen molar-refractivity contribution in [2.24, 2.45) is 50.2 Å². The molecule has 0 aromatic rings. The Morgan fingerprint density at radius 3 is 1.66 bits per heavy atom. The summed E-state index contributed by atoms with van der Waals surface area (Å²) in [5.74, 6) is -1.10. The van der Waals surface area contributed by atoms with Gasteiger partial charge in [0.15, 0.2) is 18.9 Å². The Morgan fingerprint density at radius 2 is 1.11 bits per heavy atom. The summed E-state index contributed by atoms with van der Waals surface area (Å²) in [4.78, 5) is 14.8. The van der Waals surface area contributed by atoms with Gasteiger partial charge in [-0.25, -0.2) is 0 Å². The minimum atomic E-state index is -1.89. The molecule has 4 aliphatic heterocycles. The standard InChI is InChI=1S/C53H86O23/c1-48(2)14-15-53(47(68)76-45-40(67)37(64)34(61)27(20-56)72-45)23(16-48)22-8-9-29-50(5)12-11-31(49(3,4)28(50)10-13-51(29,6)52(22,7)17-30(53)58)73-46-42(75-44-39(66)36(63)33(60)26(19-55)71-44)41(24(57)21-69-46)74-43-38(65)35(62)32(59)25(18-54)70-43/h8,23-46,54-67H,9-21H2,1-7H3/t23-,24-,25+,26+,27+,28-,29+,30+,31-,32+,33+,34+,35-,36-,37-,38+,39+,40+,41-,42+,43-,44-,45-,46-,50-,51+,52+,53+/m0/s1. The maximum Gasteiger partial charge on any atom is 0.317 e. The average Bonchev–Trinajstić information content (AvgIpc) is 3.39. The van der Waals surface area contributed by atoms with Crippen molar-refractivity contribution >= 4 is 5.97 Å². The molecular weight excluding hydrogens is 1000 g/mol. The van der Waals surface area contributed by atoms with E-state index in [9.17, 15) is 76.3 Å². The molecule has 8 fully saturated rings. The second-order valence-electron chi connectivity index (χ2n) is 25.9. The fourth-order valence-corrected chi connectivity index (χ4v) is 16.3. The minimum absolute atomic E-state index is 0.0327. The van der Waals surface area contributed by atoms with Crippen LogP contribution in [0.1, 0.15) is 106 Å². The van der Waals surface area contributed by atoms with Gasteiger partial charge in [-0.1, -0.05) is 60.1 Å². The van der Waals surface area contributed by atoms with Gasteiger partial charge in [0.05, 0.1) is 38.6 Å². The van der Waals surface area contributed by atoms with E-state index in [0.717, 1.165) is 18.4 Å². The van der Waals surface area contributed by atoms with E-state index in [-0.39, 0.29) is 34.5 Å². The van der Waals surface area contributed by atoms with Gasteiger partial charge >= 0.3 is 5.97 Å². The molecule has 4 saturated carbocycles. The maximum absolute atomic E-state index is 14.8. The normalized spacial score (nSPS) is 54.0. The van der Waals surface area contributed by atoms with Crippen molar-refractivity contribution in [3.63, 3.8) is 0 Å². The number of hydrogen-bond acceptors (Lipinski definition) is 23. The molecule has 0 aromatic carbocycles. The average molecular weight is 1090 g/mol. The highest BCUT2D eigenvalue weighted by atomic mass is 16.8. The van der Waals surface area contributed by atoms with Crippen molar-refractivity contribution in [3.8, 4) is 0 Å². The summed E-state index contributed by atoms with van der Waals surface area (Å²) in [6.45, 7) is 12.8. The molecule has 436 valence electrons. The van der Waals surface area contributed by atoms with Crippen molar-refractivity contribution in [2.45, 2.75) is 235 Å². The van der Waals surface area contributed by atoms with E-state index in [1.165, 1.54) is 0 Å². The molecular formula is C53H86O23. The van der Waals surface area contributed by atoms with Gasteiger partial charge in [0.25, 0.3) is 0 Å². The van der Waals surface area contributed by atoms with Crippen LogP contribution in [0.5, 0.6) is 0 Å². The SMILES string of the molecule is CC1(C)CC[C@]2(C(=O)O[C@@H]3O[C@H](CO)[C@@H](O)[C@H](O)[C@H]3O)[C@H](O)C[C@]3(C)C(=CC[C@@H]4[C@@]5(C)CC[C@H](O[C@@H]6OC[C@H](O)[C@H](O[C@@H]7O[C@H](CO)[C@@H](O)[C@H](O)[C@H]7O)[C@H]6O[C@@H]6O[C@H](CO)[C@@H](O)[C@H](O)[C@H]6O)C(C)(C)[C@@H]5CC[C@]43C)[C@@H]2C1. The van der Waals surface area contributed by atoms with Crippen LogP contribution in [-0.4, -0.2) is 233 Å². The van der Waals surface area contributed by atoms with E-state index in [4.69, 9.17) is 37.9 Å². The quantitative estimate of drug-likeness (QED) is 0.0581. The second kappa shape index (κ2) is 21.3. The molecule has 9 aliphatic rings. The first kappa shape index (κ1) is 59.0. The van der Waals surface area contributed by atoms with E-state index < -0.39 is 183 Å². The number of rotatable bonds is 11. The number of carbonyl (C=O) groups excluding carboxylic acids is 1. The number of aliphatic hydroxyl groups is 14. The lowest BCUT2D eigenvalue weighted by atomic mass is 9.33. The third kappa shape index (κ3) is 9.37. The summed E-state index contributed by atoms with van der Waals surface area (Å²) in [6, 6.07) is 0. The number of esters is 1. The predicted octanol–water partition coefficient (Wildman–Crippen LogP) is -2.43. The monoisotopic (exact) mass is 1090 g/mol. The molecule has 23 nitrogen and oxygen atoms in total. The number of carbonyl (C=O) groups is 1. The smallest absolute Gasteiger partial charge is 0.317 e. The molecule has 4 heterocycles. The highest BCUT2D eigenvalue weighted by Gasteiger charge is 2.72. The lowest BCUT2D eigenvalue weighted by molar-refractivity contribution is -0.389. The Bertz CT molecular complexity index is 2090. The molecule has 0 unspecified atom stereocenters. The fraction of sp³-hybridized carbons (Fsp3) is 0.943. The Morgan fingerprint density at radius 1 is 0.579 bits per heavy atom. The molecule has 76 heavy (non-hydrogen) atoms. The van der Waals surface area contributed by atoms with E-state index in [0.29, 0.717) is 38.5 Å². The number of allylic oxidation sites excluding steroid dienone is 2. The molecule has 0 radical (unpaired) electrons. The van der Waals surface area contributed by atoms with Crippen LogP contribution in [0.15, 0.2) is 11.6 Å². The zero-order chi connectivity index (χ0) is 55.6. The number of fused-ring (bicyclic) bond motifs is 7. The number of aliphatic hydroxyl groups excluding tert-OH is 14. The van der Waals surface area contributed by atoms with Gasteiger partial charge in [-0.3, -0.25) is 4.79 Å². The molecule has 0 amide bonds. The zero-order valence-corrected chi connectivity index (χ0v) is 44.6. The van der Waals surface area contributed by atoms with Gasteiger partial charge in [-0.05, 0) is 103 Å². The lowest BCUT2D eigenvalue weighted by Gasteiger charge is -2.71. The Kier molecular flexibility index (Phi) is 16.5. The summed E-state index contributed by atoms with van der Waals surface area (Å²) in [5, 5.41) is 150. The largest absolute Gasteiger partial charge is 0.432 e. The molecule has 28 atom stereocenters. The maximum atomic E-state index is 14.8.